The van der Waals surface area contributed by atoms with Crippen LogP contribution >= 0.6 is 0 Å². The Kier molecular flexibility index (Phi) is 5.36. The molecule has 0 amide bonds. The van der Waals surface area contributed by atoms with Gasteiger partial charge in [-0.15, -0.1) is 5.10 Å². The van der Waals surface area contributed by atoms with Gasteiger partial charge in [0.2, 0.25) is 5.95 Å². The van der Waals surface area contributed by atoms with E-state index in [-0.39, 0.29) is 0 Å². The van der Waals surface area contributed by atoms with E-state index in [9.17, 15) is 0 Å². The third kappa shape index (κ3) is 4.65. The van der Waals surface area contributed by atoms with E-state index in [1.165, 1.54) is 25.7 Å². The second kappa shape index (κ2) is 7.26. The Balaban J connectivity index is 1.93. The molecule has 1 aromatic rings. The Hall–Kier alpha value is -1.39. The Morgan fingerprint density at radius 3 is 2.63 bits per heavy atom. The van der Waals surface area contributed by atoms with Crippen molar-refractivity contribution < 1.29 is 0 Å². The Bertz CT molecular complexity index is 372. The van der Waals surface area contributed by atoms with Crippen LogP contribution in [0.15, 0.2) is 6.20 Å². The Morgan fingerprint density at radius 1 is 1.21 bits per heavy atom. The van der Waals surface area contributed by atoms with Gasteiger partial charge in [-0.2, -0.15) is 10.1 Å². The summed E-state index contributed by atoms with van der Waals surface area (Å²) >= 11 is 0. The highest BCUT2D eigenvalue weighted by Crippen LogP contribution is 2.16. The Labute approximate surface area is 115 Å². The predicted octanol–water partition coefficient (Wildman–Crippen LogP) is 2.71. The lowest BCUT2D eigenvalue weighted by molar-refractivity contribution is 0.606. The van der Waals surface area contributed by atoms with E-state index in [0.29, 0.717) is 5.92 Å². The minimum Gasteiger partial charge on any atom is -0.369 e. The lowest BCUT2D eigenvalue weighted by atomic mass is 10.1. The molecule has 1 N–H and O–H groups in total. The average Bonchev–Trinajstić information content (AvgIpc) is 2.67. The summed E-state index contributed by atoms with van der Waals surface area (Å²) < 4.78 is 0. The smallest absolute Gasteiger partial charge is 0.247 e. The minimum atomic E-state index is 0.701. The highest BCUT2D eigenvalue weighted by atomic mass is 15.3. The van der Waals surface area contributed by atoms with Crippen LogP contribution in [-0.2, 0) is 0 Å². The Morgan fingerprint density at radius 2 is 1.95 bits per heavy atom. The fourth-order valence-electron chi connectivity index (χ4n) is 2.27. The lowest BCUT2D eigenvalue weighted by Gasteiger charge is -2.19. The minimum absolute atomic E-state index is 0.701. The summed E-state index contributed by atoms with van der Waals surface area (Å²) in [7, 11) is 0. The molecule has 0 bridgehead atoms. The van der Waals surface area contributed by atoms with Gasteiger partial charge in [0.1, 0.15) is 0 Å². The zero-order valence-electron chi connectivity index (χ0n) is 12.1. The first kappa shape index (κ1) is 14.0. The monoisotopic (exact) mass is 263 g/mol. The molecule has 2 rings (SSSR count). The normalized spacial score (nSPS) is 16.5. The number of hydrogen-bond acceptors (Lipinski definition) is 5. The van der Waals surface area contributed by atoms with Crippen molar-refractivity contribution >= 4 is 11.8 Å². The highest BCUT2D eigenvalue weighted by Gasteiger charge is 2.13. The molecule has 1 saturated heterocycles. The molecule has 0 aliphatic carbocycles. The van der Waals surface area contributed by atoms with Crippen molar-refractivity contribution in [1.29, 1.82) is 0 Å². The fourth-order valence-corrected chi connectivity index (χ4v) is 2.27. The van der Waals surface area contributed by atoms with Gasteiger partial charge in [-0.3, -0.25) is 0 Å². The molecule has 0 atom stereocenters. The zero-order chi connectivity index (χ0) is 13.5. The van der Waals surface area contributed by atoms with Crippen molar-refractivity contribution in [1.82, 2.24) is 15.2 Å². The fraction of sp³-hybridized carbons (Fsp3) is 0.786. The summed E-state index contributed by atoms with van der Waals surface area (Å²) in [5.41, 5.74) is 0. The van der Waals surface area contributed by atoms with Crippen molar-refractivity contribution in [2.45, 2.75) is 46.0 Å². The standard InChI is InChI=1S/C14H25N5/c1-12(2)7-8-15-13-11-16-18-14(17-13)19-9-5-3-4-6-10-19/h11-12H,3-10H2,1-2H3,(H,15,17,18). The molecule has 0 radical (unpaired) electrons. The molecule has 5 heteroatoms. The van der Waals surface area contributed by atoms with Crippen molar-refractivity contribution in [2.75, 3.05) is 29.9 Å². The molecular formula is C14H25N5. The van der Waals surface area contributed by atoms with Crippen molar-refractivity contribution in [3.05, 3.63) is 6.20 Å². The molecule has 106 valence electrons. The van der Waals surface area contributed by atoms with E-state index < -0.39 is 0 Å². The van der Waals surface area contributed by atoms with E-state index in [1.807, 2.05) is 0 Å². The topological polar surface area (TPSA) is 53.9 Å². The van der Waals surface area contributed by atoms with Crippen LogP contribution in [0, 0.1) is 5.92 Å². The molecule has 1 aromatic heterocycles. The van der Waals surface area contributed by atoms with E-state index in [2.05, 4.69) is 39.2 Å². The van der Waals surface area contributed by atoms with Gasteiger partial charge in [0.15, 0.2) is 5.82 Å². The van der Waals surface area contributed by atoms with Gasteiger partial charge in [-0.1, -0.05) is 26.7 Å². The molecule has 1 aliphatic rings. The van der Waals surface area contributed by atoms with E-state index in [1.54, 1.807) is 6.20 Å². The summed E-state index contributed by atoms with van der Waals surface area (Å²) in [5, 5.41) is 11.6. The van der Waals surface area contributed by atoms with E-state index >= 15 is 0 Å². The maximum absolute atomic E-state index is 4.58. The van der Waals surface area contributed by atoms with Crippen LogP contribution in [0.25, 0.3) is 0 Å². The van der Waals surface area contributed by atoms with Gasteiger partial charge in [-0.05, 0) is 25.2 Å². The van der Waals surface area contributed by atoms with Crippen LogP contribution < -0.4 is 10.2 Å². The maximum Gasteiger partial charge on any atom is 0.247 e. The second-order valence-corrected chi connectivity index (χ2v) is 5.65. The van der Waals surface area contributed by atoms with Gasteiger partial charge < -0.3 is 10.2 Å². The lowest BCUT2D eigenvalue weighted by Crippen LogP contribution is -2.26. The highest BCUT2D eigenvalue weighted by molar-refractivity contribution is 5.38. The number of aromatic nitrogens is 3. The van der Waals surface area contributed by atoms with Gasteiger partial charge in [0.25, 0.3) is 0 Å². The molecule has 2 heterocycles. The van der Waals surface area contributed by atoms with Gasteiger partial charge in [0.05, 0.1) is 6.20 Å². The number of nitrogens with zero attached hydrogens (tertiary/aromatic N) is 4. The zero-order valence-corrected chi connectivity index (χ0v) is 12.1. The molecule has 0 spiro atoms. The third-order valence-electron chi connectivity index (χ3n) is 3.46. The summed E-state index contributed by atoms with van der Waals surface area (Å²) in [5.74, 6) is 2.32. The molecule has 5 nitrogen and oxygen atoms in total. The van der Waals surface area contributed by atoms with Crippen LogP contribution in [0.3, 0.4) is 0 Å². The SMILES string of the molecule is CC(C)CCNc1cnnc(N2CCCCCC2)n1. The second-order valence-electron chi connectivity index (χ2n) is 5.65. The van der Waals surface area contributed by atoms with Crippen LogP contribution in [0.1, 0.15) is 46.0 Å². The van der Waals surface area contributed by atoms with Crippen LogP contribution in [0.5, 0.6) is 0 Å². The van der Waals surface area contributed by atoms with E-state index in [0.717, 1.165) is 37.8 Å². The quantitative estimate of drug-likeness (QED) is 0.885. The predicted molar refractivity (Wildman–Crippen MR) is 78.5 cm³/mol. The summed E-state index contributed by atoms with van der Waals surface area (Å²) in [6.45, 7) is 7.50. The van der Waals surface area contributed by atoms with Gasteiger partial charge in [-0.25, -0.2) is 0 Å². The molecule has 19 heavy (non-hydrogen) atoms. The third-order valence-corrected chi connectivity index (χ3v) is 3.46. The van der Waals surface area contributed by atoms with Gasteiger partial charge in [0, 0.05) is 19.6 Å². The van der Waals surface area contributed by atoms with Crippen molar-refractivity contribution in [3.63, 3.8) is 0 Å². The van der Waals surface area contributed by atoms with Crippen LogP contribution in [-0.4, -0.2) is 34.8 Å². The average molecular weight is 263 g/mol. The van der Waals surface area contributed by atoms with Crippen LogP contribution in [0.4, 0.5) is 11.8 Å². The molecule has 0 aromatic carbocycles. The van der Waals surface area contributed by atoms with Crippen LogP contribution in [0.2, 0.25) is 0 Å². The largest absolute Gasteiger partial charge is 0.369 e. The maximum atomic E-state index is 4.58. The molecule has 0 saturated carbocycles. The first-order valence-electron chi connectivity index (χ1n) is 7.44. The molecular weight excluding hydrogens is 238 g/mol. The molecule has 0 unspecified atom stereocenters. The first-order valence-corrected chi connectivity index (χ1v) is 7.44. The number of nitrogens with one attached hydrogen (secondary N) is 1. The summed E-state index contributed by atoms with van der Waals surface area (Å²) in [6.07, 6.45) is 7.94. The van der Waals surface area contributed by atoms with Crippen molar-refractivity contribution in [3.8, 4) is 0 Å². The first-order chi connectivity index (χ1) is 9.25. The number of anilines is 2. The molecule has 1 fully saturated rings. The number of hydrogen-bond donors (Lipinski definition) is 1. The summed E-state index contributed by atoms with van der Waals surface area (Å²) in [6, 6.07) is 0. The molecule has 1 aliphatic heterocycles. The summed E-state index contributed by atoms with van der Waals surface area (Å²) in [4.78, 5) is 6.83. The van der Waals surface area contributed by atoms with E-state index in [4.69, 9.17) is 0 Å². The number of rotatable bonds is 5. The van der Waals surface area contributed by atoms with Gasteiger partial charge >= 0.3 is 0 Å². The van der Waals surface area contributed by atoms with Crippen molar-refractivity contribution in [2.24, 2.45) is 5.92 Å².